The van der Waals surface area contributed by atoms with Crippen LogP contribution in [0.2, 0.25) is 0 Å². The van der Waals surface area contributed by atoms with E-state index in [9.17, 15) is 13.2 Å². The highest BCUT2D eigenvalue weighted by Gasteiger charge is 2.28. The van der Waals surface area contributed by atoms with Gasteiger partial charge in [0.1, 0.15) is 0 Å². The molecule has 1 aromatic heterocycles. The molecule has 8 heteroatoms. The van der Waals surface area contributed by atoms with Crippen molar-refractivity contribution in [2.45, 2.75) is 49.5 Å². The predicted molar refractivity (Wildman–Crippen MR) is 108 cm³/mol. The smallest absolute Gasteiger partial charge is 0.322 e. The molecule has 2 N–H and O–H groups in total. The van der Waals surface area contributed by atoms with Crippen molar-refractivity contribution in [3.05, 3.63) is 48.3 Å². The predicted octanol–water partition coefficient (Wildman–Crippen LogP) is 3.29. The zero-order chi connectivity index (χ0) is 19.6. The van der Waals surface area contributed by atoms with Gasteiger partial charge in [0.2, 0.25) is 0 Å². The van der Waals surface area contributed by atoms with Crippen molar-refractivity contribution < 1.29 is 13.2 Å². The van der Waals surface area contributed by atoms with Crippen LogP contribution in [-0.4, -0.2) is 32.0 Å². The summed E-state index contributed by atoms with van der Waals surface area (Å²) in [6.45, 7) is 0.563. The lowest BCUT2D eigenvalue weighted by Gasteiger charge is -2.26. The Morgan fingerprint density at radius 3 is 2.71 bits per heavy atom. The van der Waals surface area contributed by atoms with Gasteiger partial charge < -0.3 is 5.32 Å². The lowest BCUT2D eigenvalue weighted by molar-refractivity contribution is 0.238. The molecule has 1 fully saturated rings. The van der Waals surface area contributed by atoms with Crippen molar-refractivity contribution >= 4 is 27.4 Å². The van der Waals surface area contributed by atoms with Crippen LogP contribution in [0.4, 0.5) is 16.2 Å². The first-order valence-corrected chi connectivity index (χ1v) is 11.1. The minimum atomic E-state index is -3.70. The maximum absolute atomic E-state index is 12.7. The third kappa shape index (κ3) is 3.96. The second-order valence-corrected chi connectivity index (χ2v) is 9.01. The number of hydrogen-bond acceptors (Lipinski definition) is 4. The van der Waals surface area contributed by atoms with Crippen LogP contribution in [0.15, 0.2) is 47.6 Å². The number of amides is 2. The Morgan fingerprint density at radius 1 is 1.14 bits per heavy atom. The quantitative estimate of drug-likeness (QED) is 0.824. The number of carbonyl (C=O) groups excluding carboxylic acids is 1. The lowest BCUT2D eigenvalue weighted by Crippen LogP contribution is -2.45. The Balaban J connectivity index is 1.49. The van der Waals surface area contributed by atoms with E-state index < -0.39 is 10.0 Å². The number of sulfonamides is 1. The van der Waals surface area contributed by atoms with Crippen molar-refractivity contribution in [1.29, 1.82) is 0 Å². The van der Waals surface area contributed by atoms with E-state index in [0.717, 1.165) is 36.9 Å². The Labute approximate surface area is 165 Å². The first kappa shape index (κ1) is 18.7. The second-order valence-electron chi connectivity index (χ2n) is 7.32. The minimum Gasteiger partial charge on any atom is -0.335 e. The van der Waals surface area contributed by atoms with E-state index in [1.807, 2.05) is 0 Å². The number of aromatic nitrogens is 1. The molecule has 0 saturated heterocycles. The number of anilines is 2. The monoisotopic (exact) mass is 400 g/mol. The van der Waals surface area contributed by atoms with Gasteiger partial charge in [0.25, 0.3) is 10.0 Å². The summed E-state index contributed by atoms with van der Waals surface area (Å²) in [6.07, 6.45) is 9.31. The van der Waals surface area contributed by atoms with Crippen molar-refractivity contribution in [2.75, 3.05) is 16.2 Å². The van der Waals surface area contributed by atoms with Crippen molar-refractivity contribution in [3.8, 4) is 0 Å². The Bertz CT molecular complexity index is 957. The third-order valence-electron chi connectivity index (χ3n) is 5.35. The van der Waals surface area contributed by atoms with E-state index in [0.29, 0.717) is 18.7 Å². The zero-order valence-corrected chi connectivity index (χ0v) is 16.4. The van der Waals surface area contributed by atoms with E-state index in [4.69, 9.17) is 0 Å². The Morgan fingerprint density at radius 2 is 1.96 bits per heavy atom. The summed E-state index contributed by atoms with van der Waals surface area (Å²) in [6, 6.07) is 8.40. The van der Waals surface area contributed by atoms with Crippen LogP contribution in [0.5, 0.6) is 0 Å². The summed E-state index contributed by atoms with van der Waals surface area (Å²) < 4.78 is 27.8. The fourth-order valence-electron chi connectivity index (χ4n) is 3.89. The number of urea groups is 1. The molecule has 0 spiro atoms. The SMILES string of the molecule is O=C(NC1CCCCC1)N1CCc2cc(S(=O)(=O)Nc3cccnc3)ccc21. The highest BCUT2D eigenvalue weighted by atomic mass is 32.2. The average Bonchev–Trinajstić information content (AvgIpc) is 3.13. The van der Waals surface area contributed by atoms with Crippen LogP contribution < -0.4 is 14.9 Å². The van der Waals surface area contributed by atoms with E-state index in [2.05, 4.69) is 15.0 Å². The number of fused-ring (bicyclic) bond motifs is 1. The fourth-order valence-corrected chi connectivity index (χ4v) is 4.99. The summed E-state index contributed by atoms with van der Waals surface area (Å²) >= 11 is 0. The standard InChI is InChI=1S/C20H24N4O3S/c25-20(22-16-5-2-1-3-6-16)24-12-10-15-13-18(8-9-19(15)24)28(26,27)23-17-7-4-11-21-14-17/h4,7-9,11,13-14,16,23H,1-3,5-6,10,12H2,(H,22,25). The number of hydrogen-bond donors (Lipinski definition) is 2. The van der Waals surface area contributed by atoms with Gasteiger partial charge in [0.15, 0.2) is 0 Å². The largest absolute Gasteiger partial charge is 0.335 e. The summed E-state index contributed by atoms with van der Waals surface area (Å²) in [5, 5.41) is 3.13. The number of benzene rings is 1. The molecule has 0 atom stereocenters. The number of carbonyl (C=O) groups is 1. The normalized spacial score (nSPS) is 17.2. The summed E-state index contributed by atoms with van der Waals surface area (Å²) in [7, 11) is -3.70. The van der Waals surface area contributed by atoms with Crippen LogP contribution in [0, 0.1) is 0 Å². The third-order valence-corrected chi connectivity index (χ3v) is 6.73. The van der Waals surface area contributed by atoms with Crippen molar-refractivity contribution in [3.63, 3.8) is 0 Å². The van der Waals surface area contributed by atoms with Crippen LogP contribution in [0.25, 0.3) is 0 Å². The molecule has 28 heavy (non-hydrogen) atoms. The van der Waals surface area contributed by atoms with Crippen molar-refractivity contribution in [2.24, 2.45) is 0 Å². The van der Waals surface area contributed by atoms with Crippen LogP contribution in [0.1, 0.15) is 37.7 Å². The van der Waals surface area contributed by atoms with Gasteiger partial charge in [-0.3, -0.25) is 14.6 Å². The fraction of sp³-hybridized carbons (Fsp3) is 0.400. The molecule has 7 nitrogen and oxygen atoms in total. The van der Waals surface area contributed by atoms with Crippen LogP contribution >= 0.6 is 0 Å². The first-order chi connectivity index (χ1) is 13.5. The second kappa shape index (κ2) is 7.79. The molecule has 0 radical (unpaired) electrons. The molecular formula is C20H24N4O3S. The lowest BCUT2D eigenvalue weighted by atomic mass is 9.96. The maximum Gasteiger partial charge on any atom is 0.322 e. The molecule has 2 aliphatic rings. The first-order valence-electron chi connectivity index (χ1n) is 9.67. The van der Waals surface area contributed by atoms with Gasteiger partial charge in [-0.15, -0.1) is 0 Å². The highest BCUT2D eigenvalue weighted by molar-refractivity contribution is 7.92. The summed E-state index contributed by atoms with van der Waals surface area (Å²) in [5.41, 5.74) is 2.07. The summed E-state index contributed by atoms with van der Waals surface area (Å²) in [5.74, 6) is 0. The molecule has 1 aromatic carbocycles. The maximum atomic E-state index is 12.7. The molecule has 0 bridgehead atoms. The van der Waals surface area contributed by atoms with Gasteiger partial charge in [-0.1, -0.05) is 19.3 Å². The molecule has 1 saturated carbocycles. The minimum absolute atomic E-state index is 0.0882. The molecule has 1 aliphatic carbocycles. The zero-order valence-electron chi connectivity index (χ0n) is 15.6. The topological polar surface area (TPSA) is 91.4 Å². The van der Waals surface area contributed by atoms with Gasteiger partial charge in [0, 0.05) is 24.5 Å². The molecule has 1 aliphatic heterocycles. The highest BCUT2D eigenvalue weighted by Crippen LogP contribution is 2.31. The van der Waals surface area contributed by atoms with Crippen LogP contribution in [0.3, 0.4) is 0 Å². The average molecular weight is 401 g/mol. The molecule has 2 aromatic rings. The molecule has 148 valence electrons. The van der Waals surface area contributed by atoms with E-state index in [1.54, 1.807) is 41.4 Å². The molecule has 2 heterocycles. The van der Waals surface area contributed by atoms with E-state index in [-0.39, 0.29) is 17.0 Å². The van der Waals surface area contributed by atoms with Crippen molar-refractivity contribution in [1.82, 2.24) is 10.3 Å². The van der Waals surface area contributed by atoms with Gasteiger partial charge >= 0.3 is 6.03 Å². The summed E-state index contributed by atoms with van der Waals surface area (Å²) in [4.78, 5) is 18.5. The van der Waals surface area contributed by atoms with Gasteiger partial charge in [-0.05, 0) is 55.2 Å². The Kier molecular flexibility index (Phi) is 5.21. The van der Waals surface area contributed by atoms with Crippen LogP contribution in [-0.2, 0) is 16.4 Å². The van der Waals surface area contributed by atoms with Gasteiger partial charge in [-0.25, -0.2) is 13.2 Å². The Hall–Kier alpha value is -2.61. The number of nitrogens with one attached hydrogen (secondary N) is 2. The molecular weight excluding hydrogens is 376 g/mol. The van der Waals surface area contributed by atoms with E-state index in [1.165, 1.54) is 12.6 Å². The molecule has 0 unspecified atom stereocenters. The van der Waals surface area contributed by atoms with Gasteiger partial charge in [-0.2, -0.15) is 0 Å². The van der Waals surface area contributed by atoms with E-state index >= 15 is 0 Å². The molecule has 2 amide bonds. The van der Waals surface area contributed by atoms with Gasteiger partial charge in [0.05, 0.1) is 16.8 Å². The number of nitrogens with zero attached hydrogens (tertiary/aromatic N) is 2. The number of pyridine rings is 1. The molecule has 4 rings (SSSR count). The number of rotatable bonds is 4.